The second-order valence-corrected chi connectivity index (χ2v) is 3.71. The fourth-order valence-corrected chi connectivity index (χ4v) is 2.18. The van der Waals surface area contributed by atoms with Crippen LogP contribution in [-0.4, -0.2) is 36.6 Å². The van der Waals surface area contributed by atoms with Crippen LogP contribution in [0.4, 0.5) is 0 Å². The van der Waals surface area contributed by atoms with E-state index in [9.17, 15) is 4.79 Å². The van der Waals surface area contributed by atoms with Crippen LogP contribution in [0.15, 0.2) is 0 Å². The maximum atomic E-state index is 11.2. The molecule has 0 unspecified atom stereocenters. The highest BCUT2D eigenvalue weighted by Crippen LogP contribution is 2.27. The molecule has 1 amide bonds. The van der Waals surface area contributed by atoms with Crippen molar-refractivity contribution in [1.82, 2.24) is 4.90 Å². The topological polar surface area (TPSA) is 29.5 Å². The molecule has 1 aliphatic carbocycles. The van der Waals surface area contributed by atoms with Crippen molar-refractivity contribution in [3.05, 3.63) is 0 Å². The van der Waals surface area contributed by atoms with Crippen LogP contribution in [-0.2, 0) is 9.53 Å². The van der Waals surface area contributed by atoms with Crippen molar-refractivity contribution in [2.75, 3.05) is 13.7 Å². The van der Waals surface area contributed by atoms with Gasteiger partial charge in [-0.2, -0.15) is 0 Å². The number of fused-ring (bicyclic) bond motifs is 1. The van der Waals surface area contributed by atoms with Crippen LogP contribution in [0, 0.1) is 0 Å². The van der Waals surface area contributed by atoms with Crippen LogP contribution in [0.2, 0.25) is 0 Å². The Morgan fingerprint density at radius 2 is 2.08 bits per heavy atom. The number of halogens is 1. The highest BCUT2D eigenvalue weighted by molar-refractivity contribution is 5.85. The maximum Gasteiger partial charge on any atom is 0.248 e. The molecule has 0 radical (unpaired) electrons. The Bertz CT molecular complexity index is 198. The molecule has 2 fully saturated rings. The fraction of sp³-hybridized carbons (Fsp3) is 0.889. The first-order chi connectivity index (χ1) is 5.79. The van der Waals surface area contributed by atoms with E-state index in [-0.39, 0.29) is 24.9 Å². The van der Waals surface area contributed by atoms with Crippen LogP contribution >= 0.6 is 12.4 Å². The molecule has 0 aromatic rings. The summed E-state index contributed by atoms with van der Waals surface area (Å²) in [6.45, 7) is 0.289. The first kappa shape index (κ1) is 10.8. The molecular weight excluding hydrogens is 190 g/mol. The van der Waals surface area contributed by atoms with Crippen molar-refractivity contribution in [2.45, 2.75) is 37.8 Å². The van der Waals surface area contributed by atoms with Crippen molar-refractivity contribution >= 4 is 18.3 Å². The van der Waals surface area contributed by atoms with Crippen LogP contribution < -0.4 is 0 Å². The van der Waals surface area contributed by atoms with Crippen molar-refractivity contribution in [1.29, 1.82) is 0 Å². The fourth-order valence-electron chi connectivity index (χ4n) is 2.18. The second kappa shape index (κ2) is 4.29. The molecular formula is C9H16ClNO2. The number of rotatable bonds is 0. The summed E-state index contributed by atoms with van der Waals surface area (Å²) in [5, 5.41) is 0. The molecule has 1 saturated heterocycles. The van der Waals surface area contributed by atoms with Crippen LogP contribution in [0.5, 0.6) is 0 Å². The third-order valence-electron chi connectivity index (χ3n) is 2.98. The molecule has 1 saturated carbocycles. The lowest BCUT2D eigenvalue weighted by atomic mass is 9.90. The van der Waals surface area contributed by atoms with Gasteiger partial charge < -0.3 is 9.64 Å². The molecule has 3 nitrogen and oxygen atoms in total. The van der Waals surface area contributed by atoms with Crippen molar-refractivity contribution in [3.63, 3.8) is 0 Å². The minimum Gasteiger partial charge on any atom is -0.366 e. The van der Waals surface area contributed by atoms with E-state index in [0.717, 1.165) is 12.8 Å². The lowest BCUT2D eigenvalue weighted by Gasteiger charge is -2.41. The summed E-state index contributed by atoms with van der Waals surface area (Å²) >= 11 is 0. The standard InChI is InChI=1S/C9H15NO2.ClH/c1-10-7-4-2-3-5-8(7)12-6-9(10)11;/h7-8H,2-6H2,1H3;1H/t7-,8-;/m1./s1. The lowest BCUT2D eigenvalue weighted by Crippen LogP contribution is -2.53. The number of nitrogens with zero attached hydrogens (tertiary/aromatic N) is 1. The third-order valence-corrected chi connectivity index (χ3v) is 2.98. The zero-order valence-corrected chi connectivity index (χ0v) is 8.68. The van der Waals surface area contributed by atoms with Gasteiger partial charge in [-0.05, 0) is 12.8 Å². The zero-order chi connectivity index (χ0) is 8.55. The van der Waals surface area contributed by atoms with E-state index in [0.29, 0.717) is 12.1 Å². The van der Waals surface area contributed by atoms with Crippen molar-refractivity contribution in [2.24, 2.45) is 0 Å². The monoisotopic (exact) mass is 205 g/mol. The predicted octanol–water partition coefficient (Wildman–Crippen LogP) is 1.21. The van der Waals surface area contributed by atoms with Crippen molar-refractivity contribution in [3.8, 4) is 0 Å². The molecule has 0 bridgehead atoms. The van der Waals surface area contributed by atoms with E-state index in [1.54, 1.807) is 0 Å². The molecule has 1 heterocycles. The van der Waals surface area contributed by atoms with Gasteiger partial charge in [0.15, 0.2) is 0 Å². The SMILES string of the molecule is CN1C(=O)CO[C@@H]2CCCC[C@H]21.Cl. The van der Waals surface area contributed by atoms with Gasteiger partial charge in [0.2, 0.25) is 5.91 Å². The van der Waals surface area contributed by atoms with Crippen LogP contribution in [0.25, 0.3) is 0 Å². The molecule has 0 N–H and O–H groups in total. The first-order valence-electron chi connectivity index (χ1n) is 4.66. The molecule has 2 atom stereocenters. The largest absolute Gasteiger partial charge is 0.366 e. The van der Waals surface area contributed by atoms with Crippen molar-refractivity contribution < 1.29 is 9.53 Å². The molecule has 13 heavy (non-hydrogen) atoms. The second-order valence-electron chi connectivity index (χ2n) is 3.71. The summed E-state index contributed by atoms with van der Waals surface area (Å²) in [7, 11) is 1.90. The molecule has 2 rings (SSSR count). The summed E-state index contributed by atoms with van der Waals surface area (Å²) in [6, 6.07) is 0.361. The lowest BCUT2D eigenvalue weighted by molar-refractivity contribution is -0.157. The van der Waals surface area contributed by atoms with E-state index >= 15 is 0 Å². The Morgan fingerprint density at radius 1 is 1.38 bits per heavy atom. The molecule has 2 aliphatic rings. The van der Waals surface area contributed by atoms with Crippen LogP contribution in [0.1, 0.15) is 25.7 Å². The first-order valence-corrected chi connectivity index (χ1v) is 4.66. The van der Waals surface area contributed by atoms with E-state index in [1.165, 1.54) is 12.8 Å². The number of carbonyl (C=O) groups is 1. The number of hydrogen-bond donors (Lipinski definition) is 0. The number of ether oxygens (including phenoxy) is 1. The zero-order valence-electron chi connectivity index (χ0n) is 7.86. The van der Waals surface area contributed by atoms with E-state index in [4.69, 9.17) is 4.74 Å². The van der Waals surface area contributed by atoms with Gasteiger partial charge in [0.05, 0.1) is 12.1 Å². The summed E-state index contributed by atoms with van der Waals surface area (Å²) < 4.78 is 5.47. The summed E-state index contributed by atoms with van der Waals surface area (Å²) in [4.78, 5) is 13.1. The molecule has 76 valence electrons. The highest BCUT2D eigenvalue weighted by atomic mass is 35.5. The van der Waals surface area contributed by atoms with Gasteiger partial charge in [0.1, 0.15) is 6.61 Å². The van der Waals surface area contributed by atoms with Crippen LogP contribution in [0.3, 0.4) is 0 Å². The van der Waals surface area contributed by atoms with E-state index in [1.807, 2.05) is 11.9 Å². The summed E-state index contributed by atoms with van der Waals surface area (Å²) in [5.74, 6) is 0.137. The minimum atomic E-state index is 0. The highest BCUT2D eigenvalue weighted by Gasteiger charge is 2.35. The Balaban J connectivity index is 0.000000845. The Morgan fingerprint density at radius 3 is 2.85 bits per heavy atom. The quantitative estimate of drug-likeness (QED) is 0.595. The van der Waals surface area contributed by atoms with E-state index in [2.05, 4.69) is 0 Å². The average Bonchev–Trinajstić information content (AvgIpc) is 2.12. The average molecular weight is 206 g/mol. The number of hydrogen-bond acceptors (Lipinski definition) is 2. The van der Waals surface area contributed by atoms with E-state index < -0.39 is 0 Å². The smallest absolute Gasteiger partial charge is 0.248 e. The number of amides is 1. The molecule has 4 heteroatoms. The minimum absolute atomic E-state index is 0. The van der Waals surface area contributed by atoms with Gasteiger partial charge in [-0.15, -0.1) is 12.4 Å². The van der Waals surface area contributed by atoms with Gasteiger partial charge >= 0.3 is 0 Å². The summed E-state index contributed by atoms with van der Waals surface area (Å²) in [6.07, 6.45) is 5.06. The van der Waals surface area contributed by atoms with Gasteiger partial charge in [0.25, 0.3) is 0 Å². The molecule has 1 aliphatic heterocycles. The van der Waals surface area contributed by atoms with Gasteiger partial charge in [-0.25, -0.2) is 0 Å². The third kappa shape index (κ3) is 1.97. The summed E-state index contributed by atoms with van der Waals surface area (Å²) in [5.41, 5.74) is 0. The van der Waals surface area contributed by atoms with Gasteiger partial charge in [0, 0.05) is 7.05 Å². The van der Waals surface area contributed by atoms with Gasteiger partial charge in [-0.1, -0.05) is 12.8 Å². The molecule has 0 aromatic heterocycles. The molecule has 0 aromatic carbocycles. The Kier molecular flexibility index (Phi) is 3.56. The number of morpholine rings is 1. The predicted molar refractivity (Wildman–Crippen MR) is 52.0 cm³/mol. The Labute approximate surface area is 84.8 Å². The number of carbonyl (C=O) groups excluding carboxylic acids is 1. The number of likely N-dealkylation sites (N-methyl/N-ethyl adjacent to an activating group) is 1. The normalized spacial score (nSPS) is 33.6. The Hall–Kier alpha value is -0.280. The molecule has 0 spiro atoms. The maximum absolute atomic E-state index is 11.2. The van der Waals surface area contributed by atoms with Gasteiger partial charge in [-0.3, -0.25) is 4.79 Å².